The number of rotatable bonds is 4. The van der Waals surface area contributed by atoms with Crippen molar-refractivity contribution in [3.8, 4) is 0 Å². The second kappa shape index (κ2) is 6.02. The van der Waals surface area contributed by atoms with Crippen molar-refractivity contribution in [2.45, 2.75) is 17.7 Å². The Kier molecular flexibility index (Phi) is 4.61. The summed E-state index contributed by atoms with van der Waals surface area (Å²) in [6.45, 7) is 1.88. The first-order chi connectivity index (χ1) is 8.58. The molecule has 0 atom stereocenters. The maximum Gasteiger partial charge on any atom is 0.240 e. The number of benzene rings is 1. The normalized spacial score (nSPS) is 17.8. The predicted octanol–water partition coefficient (Wildman–Crippen LogP) is 2.04. The van der Waals surface area contributed by atoms with Crippen LogP contribution in [-0.4, -0.2) is 28.2 Å². The Morgan fingerprint density at radius 2 is 2.06 bits per heavy atom. The third-order valence-electron chi connectivity index (χ3n) is 3.01. The van der Waals surface area contributed by atoms with Crippen LogP contribution >= 0.6 is 11.6 Å². The summed E-state index contributed by atoms with van der Waals surface area (Å²) in [6, 6.07) is 6.27. The third kappa shape index (κ3) is 3.68. The van der Waals surface area contributed by atoms with Crippen molar-refractivity contribution in [3.63, 3.8) is 0 Å². The van der Waals surface area contributed by atoms with Crippen LogP contribution in [0.3, 0.4) is 0 Å². The molecule has 0 aliphatic carbocycles. The van der Waals surface area contributed by atoms with Gasteiger partial charge in [0.15, 0.2) is 0 Å². The third-order valence-corrected chi connectivity index (χ3v) is 4.67. The summed E-state index contributed by atoms with van der Waals surface area (Å²) in [5.74, 6) is 0.354. The van der Waals surface area contributed by atoms with E-state index in [9.17, 15) is 8.42 Å². The Morgan fingerprint density at radius 1 is 1.33 bits per heavy atom. The average molecular weight is 290 g/mol. The van der Waals surface area contributed by atoms with Crippen molar-refractivity contribution in [1.29, 1.82) is 0 Å². The molecular formula is C12H16ClNO3S. The molecule has 18 heavy (non-hydrogen) atoms. The standard InChI is InChI=1S/C12H16ClNO3S/c13-11-2-1-3-12(8-11)18(15,16)14-9-10-4-6-17-7-5-10/h1-3,8,10,14H,4-7,9H2. The van der Waals surface area contributed by atoms with Crippen molar-refractivity contribution >= 4 is 21.6 Å². The van der Waals surface area contributed by atoms with Crippen molar-refractivity contribution in [3.05, 3.63) is 29.3 Å². The molecule has 0 unspecified atom stereocenters. The van der Waals surface area contributed by atoms with Gasteiger partial charge in [-0.1, -0.05) is 17.7 Å². The Labute approximate surface area is 112 Å². The lowest BCUT2D eigenvalue weighted by Crippen LogP contribution is -2.32. The molecule has 6 heteroatoms. The van der Waals surface area contributed by atoms with E-state index in [4.69, 9.17) is 16.3 Å². The highest BCUT2D eigenvalue weighted by Crippen LogP contribution is 2.17. The van der Waals surface area contributed by atoms with Crippen LogP contribution in [0, 0.1) is 5.92 Å². The molecule has 2 rings (SSSR count). The lowest BCUT2D eigenvalue weighted by molar-refractivity contribution is 0.0678. The van der Waals surface area contributed by atoms with Crippen LogP contribution in [0.15, 0.2) is 29.2 Å². The Balaban J connectivity index is 1.98. The molecule has 0 aromatic heterocycles. The summed E-state index contributed by atoms with van der Waals surface area (Å²) in [6.07, 6.45) is 1.80. The van der Waals surface area contributed by atoms with Crippen molar-refractivity contribution in [1.82, 2.24) is 4.72 Å². The number of hydrogen-bond donors (Lipinski definition) is 1. The van der Waals surface area contributed by atoms with Crippen LogP contribution in [-0.2, 0) is 14.8 Å². The van der Waals surface area contributed by atoms with Gasteiger partial charge in [0.25, 0.3) is 0 Å². The predicted molar refractivity (Wildman–Crippen MR) is 70.2 cm³/mol. The summed E-state index contributed by atoms with van der Waals surface area (Å²) >= 11 is 5.79. The summed E-state index contributed by atoms with van der Waals surface area (Å²) in [5.41, 5.74) is 0. The van der Waals surface area contributed by atoms with E-state index in [1.807, 2.05) is 0 Å². The van der Waals surface area contributed by atoms with Gasteiger partial charge < -0.3 is 4.74 Å². The van der Waals surface area contributed by atoms with Crippen LogP contribution in [0.4, 0.5) is 0 Å². The van der Waals surface area contributed by atoms with Gasteiger partial charge >= 0.3 is 0 Å². The summed E-state index contributed by atoms with van der Waals surface area (Å²) in [5, 5.41) is 0.420. The highest BCUT2D eigenvalue weighted by atomic mass is 35.5. The first-order valence-electron chi connectivity index (χ1n) is 5.91. The lowest BCUT2D eigenvalue weighted by atomic mass is 10.0. The minimum absolute atomic E-state index is 0.210. The van der Waals surface area contributed by atoms with Crippen molar-refractivity contribution in [2.75, 3.05) is 19.8 Å². The van der Waals surface area contributed by atoms with Crippen LogP contribution in [0.2, 0.25) is 5.02 Å². The number of sulfonamides is 1. The van der Waals surface area contributed by atoms with E-state index in [1.165, 1.54) is 12.1 Å². The first-order valence-corrected chi connectivity index (χ1v) is 7.77. The fourth-order valence-electron chi connectivity index (χ4n) is 1.90. The maximum atomic E-state index is 12.0. The Morgan fingerprint density at radius 3 is 2.72 bits per heavy atom. The summed E-state index contributed by atoms with van der Waals surface area (Å²) < 4.78 is 31.9. The molecule has 0 saturated carbocycles. The van der Waals surface area contributed by atoms with E-state index >= 15 is 0 Å². The van der Waals surface area contributed by atoms with E-state index in [1.54, 1.807) is 12.1 Å². The van der Waals surface area contributed by atoms with E-state index in [-0.39, 0.29) is 4.90 Å². The van der Waals surface area contributed by atoms with Gasteiger partial charge in [0, 0.05) is 24.8 Å². The fourth-order valence-corrected chi connectivity index (χ4v) is 3.31. The zero-order chi connectivity index (χ0) is 13.0. The maximum absolute atomic E-state index is 12.0. The molecule has 4 nitrogen and oxygen atoms in total. The van der Waals surface area contributed by atoms with Crippen LogP contribution in [0.5, 0.6) is 0 Å². The van der Waals surface area contributed by atoms with Gasteiger partial charge in [-0.2, -0.15) is 0 Å². The minimum atomic E-state index is -3.46. The van der Waals surface area contributed by atoms with Gasteiger partial charge in [0.1, 0.15) is 0 Å². The number of ether oxygens (including phenoxy) is 1. The van der Waals surface area contributed by atoms with Crippen molar-refractivity contribution < 1.29 is 13.2 Å². The molecule has 1 saturated heterocycles. The zero-order valence-corrected chi connectivity index (χ0v) is 11.5. The van der Waals surface area contributed by atoms with Crippen LogP contribution < -0.4 is 4.72 Å². The lowest BCUT2D eigenvalue weighted by Gasteiger charge is -2.22. The molecule has 1 N–H and O–H groups in total. The fraction of sp³-hybridized carbons (Fsp3) is 0.500. The molecule has 1 aliphatic heterocycles. The van der Waals surface area contributed by atoms with E-state index in [2.05, 4.69) is 4.72 Å². The van der Waals surface area contributed by atoms with Gasteiger partial charge in [-0.25, -0.2) is 13.1 Å². The zero-order valence-electron chi connectivity index (χ0n) is 9.93. The van der Waals surface area contributed by atoms with Crippen LogP contribution in [0.1, 0.15) is 12.8 Å². The van der Waals surface area contributed by atoms with E-state index < -0.39 is 10.0 Å². The monoisotopic (exact) mass is 289 g/mol. The molecule has 1 aromatic rings. The average Bonchev–Trinajstić information content (AvgIpc) is 2.38. The van der Waals surface area contributed by atoms with E-state index in [0.29, 0.717) is 30.7 Å². The van der Waals surface area contributed by atoms with E-state index in [0.717, 1.165) is 12.8 Å². The Bertz CT molecular complexity index is 498. The highest BCUT2D eigenvalue weighted by Gasteiger charge is 2.19. The summed E-state index contributed by atoms with van der Waals surface area (Å²) in [7, 11) is -3.46. The highest BCUT2D eigenvalue weighted by molar-refractivity contribution is 7.89. The Hall–Kier alpha value is -0.620. The minimum Gasteiger partial charge on any atom is -0.381 e. The van der Waals surface area contributed by atoms with Crippen LogP contribution in [0.25, 0.3) is 0 Å². The van der Waals surface area contributed by atoms with Gasteiger partial charge in [0.2, 0.25) is 10.0 Å². The molecule has 0 amide bonds. The molecule has 100 valence electrons. The van der Waals surface area contributed by atoms with Gasteiger partial charge in [-0.05, 0) is 37.0 Å². The second-order valence-electron chi connectivity index (χ2n) is 4.37. The molecule has 0 bridgehead atoms. The quantitative estimate of drug-likeness (QED) is 0.923. The molecule has 0 spiro atoms. The molecule has 1 fully saturated rings. The second-order valence-corrected chi connectivity index (χ2v) is 6.57. The summed E-state index contributed by atoms with van der Waals surface area (Å²) in [4.78, 5) is 0.210. The molecular weight excluding hydrogens is 274 g/mol. The SMILES string of the molecule is O=S(=O)(NCC1CCOCC1)c1cccc(Cl)c1. The molecule has 0 radical (unpaired) electrons. The van der Waals surface area contributed by atoms with Gasteiger partial charge in [-0.3, -0.25) is 0 Å². The topological polar surface area (TPSA) is 55.4 Å². The number of halogens is 1. The number of hydrogen-bond acceptors (Lipinski definition) is 3. The smallest absolute Gasteiger partial charge is 0.240 e. The largest absolute Gasteiger partial charge is 0.381 e. The van der Waals surface area contributed by atoms with Gasteiger partial charge in [-0.15, -0.1) is 0 Å². The van der Waals surface area contributed by atoms with Gasteiger partial charge in [0.05, 0.1) is 4.90 Å². The number of nitrogens with one attached hydrogen (secondary N) is 1. The molecule has 1 aromatic carbocycles. The molecule has 1 aliphatic rings. The molecule has 1 heterocycles. The first kappa shape index (κ1) is 13.8. The van der Waals surface area contributed by atoms with Crippen molar-refractivity contribution in [2.24, 2.45) is 5.92 Å².